The number of nitrogens with zero attached hydrogens (tertiary/aromatic N) is 2. The summed E-state index contributed by atoms with van der Waals surface area (Å²) in [6, 6.07) is 15.7. The van der Waals surface area contributed by atoms with E-state index in [0.717, 1.165) is 16.5 Å². The van der Waals surface area contributed by atoms with Gasteiger partial charge in [0.25, 0.3) is 5.91 Å². The van der Waals surface area contributed by atoms with E-state index in [9.17, 15) is 4.79 Å². The fourth-order valence-corrected chi connectivity index (χ4v) is 2.65. The summed E-state index contributed by atoms with van der Waals surface area (Å²) < 4.78 is 2.85. The van der Waals surface area contributed by atoms with Crippen molar-refractivity contribution in [2.75, 3.05) is 5.32 Å². The molecule has 0 aliphatic rings. The molecule has 1 amide bonds. The molecule has 0 bridgehead atoms. The van der Waals surface area contributed by atoms with E-state index in [4.69, 9.17) is 0 Å². The Labute approximate surface area is 149 Å². The molecule has 1 heterocycles. The van der Waals surface area contributed by atoms with Gasteiger partial charge in [-0.2, -0.15) is 5.10 Å². The number of aromatic nitrogens is 2. The maximum atomic E-state index is 12.3. The van der Waals surface area contributed by atoms with Crippen molar-refractivity contribution in [3.05, 3.63) is 82.1 Å². The van der Waals surface area contributed by atoms with Crippen molar-refractivity contribution >= 4 is 27.5 Å². The van der Waals surface area contributed by atoms with Crippen LogP contribution in [0.4, 0.5) is 5.69 Å². The van der Waals surface area contributed by atoms with Gasteiger partial charge in [-0.25, -0.2) is 0 Å². The van der Waals surface area contributed by atoms with E-state index in [2.05, 4.69) is 33.3 Å². The molecule has 1 N–H and O–H groups in total. The Bertz CT molecular complexity index is 823. The molecular formula is C19H18BrN3O. The Hall–Kier alpha value is -2.40. The molecule has 0 atom stereocenters. The maximum Gasteiger partial charge on any atom is 0.255 e. The Morgan fingerprint density at radius 1 is 1.08 bits per heavy atom. The minimum Gasteiger partial charge on any atom is -0.319 e. The highest BCUT2D eigenvalue weighted by Gasteiger charge is 2.07. The van der Waals surface area contributed by atoms with Crippen LogP contribution in [0.2, 0.25) is 0 Å². The molecule has 3 aromatic rings. The van der Waals surface area contributed by atoms with Crippen molar-refractivity contribution in [2.45, 2.75) is 19.9 Å². The Balaban J connectivity index is 1.64. The molecule has 0 aliphatic carbocycles. The van der Waals surface area contributed by atoms with Crippen LogP contribution in [0.15, 0.2) is 65.4 Å². The predicted octanol–water partition coefficient (Wildman–Crippen LogP) is 4.51. The molecule has 0 aliphatic heterocycles. The standard InChI is InChI=1S/C19H18BrN3O/c1-2-14-3-7-16(8-4-14)19(24)22-18-11-21-23(13-18)12-15-5-9-17(20)10-6-15/h3-11,13H,2,12H2,1H3,(H,22,24). The number of hydrogen-bond acceptors (Lipinski definition) is 2. The zero-order valence-electron chi connectivity index (χ0n) is 13.4. The molecule has 5 heteroatoms. The summed E-state index contributed by atoms with van der Waals surface area (Å²) in [4.78, 5) is 12.3. The van der Waals surface area contributed by atoms with Gasteiger partial charge in [0.2, 0.25) is 0 Å². The highest BCUT2D eigenvalue weighted by Crippen LogP contribution is 2.13. The second-order valence-electron chi connectivity index (χ2n) is 5.56. The van der Waals surface area contributed by atoms with Gasteiger partial charge in [-0.05, 0) is 41.8 Å². The quantitative estimate of drug-likeness (QED) is 0.704. The fraction of sp³-hybridized carbons (Fsp3) is 0.158. The smallest absolute Gasteiger partial charge is 0.255 e. The van der Waals surface area contributed by atoms with Crippen LogP contribution in [0, 0.1) is 0 Å². The van der Waals surface area contributed by atoms with E-state index >= 15 is 0 Å². The van der Waals surface area contributed by atoms with Crippen molar-refractivity contribution in [1.82, 2.24) is 9.78 Å². The normalized spacial score (nSPS) is 10.6. The molecule has 4 nitrogen and oxygen atoms in total. The first kappa shape index (κ1) is 16.5. The Morgan fingerprint density at radius 2 is 1.75 bits per heavy atom. The lowest BCUT2D eigenvalue weighted by molar-refractivity contribution is 0.102. The first-order valence-electron chi connectivity index (χ1n) is 7.81. The Kier molecular flexibility index (Phi) is 5.11. The lowest BCUT2D eigenvalue weighted by atomic mass is 10.1. The summed E-state index contributed by atoms with van der Waals surface area (Å²) in [6.07, 6.45) is 4.46. The predicted molar refractivity (Wildman–Crippen MR) is 99.2 cm³/mol. The summed E-state index contributed by atoms with van der Waals surface area (Å²) >= 11 is 3.42. The molecule has 24 heavy (non-hydrogen) atoms. The zero-order chi connectivity index (χ0) is 16.9. The van der Waals surface area contributed by atoms with Crippen LogP contribution in [0.25, 0.3) is 0 Å². The van der Waals surface area contributed by atoms with Gasteiger partial charge in [0, 0.05) is 16.2 Å². The van der Waals surface area contributed by atoms with Crippen LogP contribution in [-0.4, -0.2) is 15.7 Å². The number of anilines is 1. The molecule has 0 unspecified atom stereocenters. The van der Waals surface area contributed by atoms with Crippen LogP contribution in [0.3, 0.4) is 0 Å². The van der Waals surface area contributed by atoms with Crippen molar-refractivity contribution in [1.29, 1.82) is 0 Å². The molecular weight excluding hydrogens is 366 g/mol. The van der Waals surface area contributed by atoms with Gasteiger partial charge in [-0.1, -0.05) is 47.1 Å². The molecule has 0 spiro atoms. The van der Waals surface area contributed by atoms with E-state index < -0.39 is 0 Å². The van der Waals surface area contributed by atoms with Crippen LogP contribution >= 0.6 is 15.9 Å². The minimum absolute atomic E-state index is 0.124. The molecule has 122 valence electrons. The monoisotopic (exact) mass is 383 g/mol. The van der Waals surface area contributed by atoms with Gasteiger partial charge in [0.05, 0.1) is 18.4 Å². The summed E-state index contributed by atoms with van der Waals surface area (Å²) in [5, 5.41) is 7.18. The van der Waals surface area contributed by atoms with Crippen molar-refractivity contribution in [3.63, 3.8) is 0 Å². The first-order valence-corrected chi connectivity index (χ1v) is 8.60. The number of carbonyl (C=O) groups excluding carboxylic acids is 1. The summed E-state index contributed by atoms with van der Waals surface area (Å²) in [6.45, 7) is 2.75. The van der Waals surface area contributed by atoms with E-state index in [0.29, 0.717) is 17.8 Å². The van der Waals surface area contributed by atoms with E-state index in [1.54, 1.807) is 10.9 Å². The summed E-state index contributed by atoms with van der Waals surface area (Å²) in [5.41, 5.74) is 3.70. The number of nitrogens with one attached hydrogen (secondary N) is 1. The molecule has 2 aromatic carbocycles. The number of halogens is 1. The van der Waals surface area contributed by atoms with Gasteiger partial charge in [-0.3, -0.25) is 9.48 Å². The lowest BCUT2D eigenvalue weighted by Gasteiger charge is -2.04. The van der Waals surface area contributed by atoms with Gasteiger partial charge < -0.3 is 5.32 Å². The molecule has 0 saturated carbocycles. The van der Waals surface area contributed by atoms with Crippen molar-refractivity contribution < 1.29 is 4.79 Å². The molecule has 1 aromatic heterocycles. The second-order valence-corrected chi connectivity index (χ2v) is 6.47. The van der Waals surface area contributed by atoms with Gasteiger partial charge in [0.15, 0.2) is 0 Å². The highest BCUT2D eigenvalue weighted by atomic mass is 79.9. The fourth-order valence-electron chi connectivity index (χ4n) is 2.39. The SMILES string of the molecule is CCc1ccc(C(=O)Nc2cnn(Cc3ccc(Br)cc3)c2)cc1. The summed E-state index contributed by atoms with van der Waals surface area (Å²) in [5.74, 6) is -0.124. The third-order valence-electron chi connectivity index (χ3n) is 3.77. The Morgan fingerprint density at radius 3 is 2.42 bits per heavy atom. The average Bonchev–Trinajstić information content (AvgIpc) is 3.04. The third kappa shape index (κ3) is 4.11. The van der Waals surface area contributed by atoms with Crippen molar-refractivity contribution in [2.24, 2.45) is 0 Å². The number of amides is 1. The number of benzene rings is 2. The largest absolute Gasteiger partial charge is 0.319 e. The van der Waals surface area contributed by atoms with Gasteiger partial charge in [0.1, 0.15) is 0 Å². The van der Waals surface area contributed by atoms with Gasteiger partial charge in [-0.15, -0.1) is 0 Å². The molecule has 0 saturated heterocycles. The van der Waals surface area contributed by atoms with Crippen LogP contribution < -0.4 is 5.32 Å². The van der Waals surface area contributed by atoms with E-state index in [1.807, 2.05) is 54.7 Å². The lowest BCUT2D eigenvalue weighted by Crippen LogP contribution is -2.11. The molecule has 3 rings (SSSR count). The van der Waals surface area contributed by atoms with Crippen LogP contribution in [0.5, 0.6) is 0 Å². The maximum absolute atomic E-state index is 12.3. The summed E-state index contributed by atoms with van der Waals surface area (Å²) in [7, 11) is 0. The van der Waals surface area contributed by atoms with Crippen molar-refractivity contribution in [3.8, 4) is 0 Å². The van der Waals surface area contributed by atoms with E-state index in [-0.39, 0.29) is 5.91 Å². The topological polar surface area (TPSA) is 46.9 Å². The minimum atomic E-state index is -0.124. The number of carbonyl (C=O) groups is 1. The van der Waals surface area contributed by atoms with E-state index in [1.165, 1.54) is 5.56 Å². The van der Waals surface area contributed by atoms with Crippen LogP contribution in [-0.2, 0) is 13.0 Å². The number of hydrogen-bond donors (Lipinski definition) is 1. The molecule has 0 radical (unpaired) electrons. The third-order valence-corrected chi connectivity index (χ3v) is 4.30. The number of rotatable bonds is 5. The zero-order valence-corrected chi connectivity index (χ0v) is 15.0. The van der Waals surface area contributed by atoms with Gasteiger partial charge >= 0.3 is 0 Å². The number of aryl methyl sites for hydroxylation is 1. The highest BCUT2D eigenvalue weighted by molar-refractivity contribution is 9.10. The van der Waals surface area contributed by atoms with Crippen LogP contribution in [0.1, 0.15) is 28.4 Å². The average molecular weight is 384 g/mol. The first-order chi connectivity index (χ1) is 11.6. The second kappa shape index (κ2) is 7.45. The molecule has 0 fully saturated rings.